The molecule has 0 aromatic heterocycles. The van der Waals surface area contributed by atoms with Gasteiger partial charge >= 0.3 is 0 Å². The van der Waals surface area contributed by atoms with Gasteiger partial charge in [-0.25, -0.2) is 13.6 Å². The topological polar surface area (TPSA) is 60.2 Å². The minimum atomic E-state index is -3.43. The van der Waals surface area contributed by atoms with Crippen LogP contribution < -0.4 is 5.14 Å². The lowest BCUT2D eigenvalue weighted by Crippen LogP contribution is -2.15. The average molecular weight is 173 g/mol. The number of hydrogen-bond donors (Lipinski definition) is 1. The van der Waals surface area contributed by atoms with Gasteiger partial charge in [-0.2, -0.15) is 0 Å². The summed E-state index contributed by atoms with van der Waals surface area (Å²) in [6, 6.07) is 0. The summed E-state index contributed by atoms with van der Waals surface area (Å²) in [4.78, 5) is 0.336. The molecule has 0 bridgehead atoms. The minimum Gasteiger partial charge on any atom is -0.225 e. The fourth-order valence-corrected chi connectivity index (χ4v) is 1.60. The Hall–Kier alpha value is -0.610. The molecular formula is C7H11NO2S. The molecule has 3 nitrogen and oxygen atoms in total. The Morgan fingerprint density at radius 3 is 2.36 bits per heavy atom. The smallest absolute Gasteiger partial charge is 0.225 e. The lowest BCUT2D eigenvalue weighted by molar-refractivity contribution is 0.601. The maximum absolute atomic E-state index is 10.8. The van der Waals surface area contributed by atoms with Crippen LogP contribution in [0.4, 0.5) is 0 Å². The van der Waals surface area contributed by atoms with Crippen molar-refractivity contribution in [2.75, 3.05) is 0 Å². The molecule has 0 aliphatic heterocycles. The fourth-order valence-electron chi connectivity index (χ4n) is 0.959. The van der Waals surface area contributed by atoms with E-state index in [9.17, 15) is 8.42 Å². The first kappa shape index (κ1) is 8.49. The molecule has 0 aromatic rings. The highest BCUT2D eigenvalue weighted by molar-refractivity contribution is 7.93. The third-order valence-corrected chi connectivity index (χ3v) is 2.76. The van der Waals surface area contributed by atoms with E-state index in [1.165, 1.54) is 5.57 Å². The molecule has 2 N–H and O–H groups in total. The number of allylic oxidation sites excluding steroid dienone is 4. The molecule has 0 atom stereocenters. The molecule has 1 aliphatic rings. The highest BCUT2D eigenvalue weighted by Gasteiger charge is 2.13. The molecule has 1 aliphatic carbocycles. The van der Waals surface area contributed by atoms with Gasteiger partial charge in [0.25, 0.3) is 0 Å². The van der Waals surface area contributed by atoms with E-state index in [0.29, 0.717) is 11.3 Å². The summed E-state index contributed by atoms with van der Waals surface area (Å²) in [5.74, 6) is 0. The van der Waals surface area contributed by atoms with E-state index in [2.05, 4.69) is 0 Å². The number of rotatable bonds is 1. The number of sulfonamides is 1. The Morgan fingerprint density at radius 1 is 1.36 bits per heavy atom. The Bertz CT molecular complexity index is 311. The molecule has 11 heavy (non-hydrogen) atoms. The molecule has 0 fully saturated rings. The van der Waals surface area contributed by atoms with Gasteiger partial charge in [-0.15, -0.1) is 0 Å². The van der Waals surface area contributed by atoms with Crippen LogP contribution in [0.2, 0.25) is 0 Å². The van der Waals surface area contributed by atoms with E-state index in [1.54, 1.807) is 12.2 Å². The second kappa shape index (κ2) is 2.79. The van der Waals surface area contributed by atoms with Crippen molar-refractivity contribution < 1.29 is 8.42 Å². The molecule has 0 spiro atoms. The SMILES string of the molecule is CC1=CC=C(S(N)(=O)=O)CC1. The summed E-state index contributed by atoms with van der Waals surface area (Å²) in [5, 5.41) is 4.93. The third-order valence-electron chi connectivity index (χ3n) is 1.68. The Labute approximate surface area is 66.6 Å². The predicted octanol–water partition coefficient (Wildman–Crippen LogP) is 0.899. The van der Waals surface area contributed by atoms with Gasteiger partial charge in [0, 0.05) is 0 Å². The van der Waals surface area contributed by atoms with Crippen LogP contribution in [0.5, 0.6) is 0 Å². The molecule has 0 heterocycles. The van der Waals surface area contributed by atoms with Crippen molar-refractivity contribution in [2.45, 2.75) is 19.8 Å². The predicted molar refractivity (Wildman–Crippen MR) is 44.2 cm³/mol. The van der Waals surface area contributed by atoms with Gasteiger partial charge in [-0.1, -0.05) is 11.6 Å². The summed E-state index contributed by atoms with van der Waals surface area (Å²) in [6.07, 6.45) is 4.71. The molecule has 62 valence electrons. The van der Waals surface area contributed by atoms with Crippen molar-refractivity contribution in [1.29, 1.82) is 0 Å². The maximum atomic E-state index is 10.8. The van der Waals surface area contributed by atoms with Crippen LogP contribution in [0.1, 0.15) is 19.8 Å². The maximum Gasteiger partial charge on any atom is 0.234 e. The molecule has 0 amide bonds. The van der Waals surface area contributed by atoms with Gasteiger partial charge in [0.05, 0.1) is 4.91 Å². The summed E-state index contributed by atoms with van der Waals surface area (Å²) in [7, 11) is -3.43. The average Bonchev–Trinajstić information content (AvgIpc) is 1.86. The van der Waals surface area contributed by atoms with E-state index in [-0.39, 0.29) is 0 Å². The van der Waals surface area contributed by atoms with Crippen molar-refractivity contribution in [1.82, 2.24) is 0 Å². The summed E-state index contributed by atoms with van der Waals surface area (Å²) < 4.78 is 21.5. The lowest BCUT2D eigenvalue weighted by atomic mass is 10.1. The van der Waals surface area contributed by atoms with Crippen LogP contribution in [-0.2, 0) is 10.0 Å². The lowest BCUT2D eigenvalue weighted by Gasteiger charge is -2.08. The van der Waals surface area contributed by atoms with Gasteiger partial charge in [-0.3, -0.25) is 0 Å². The third kappa shape index (κ3) is 2.17. The van der Waals surface area contributed by atoms with E-state index in [1.807, 2.05) is 6.92 Å². The molecule has 1 rings (SSSR count). The van der Waals surface area contributed by atoms with Crippen molar-refractivity contribution >= 4 is 10.0 Å². The monoisotopic (exact) mass is 173 g/mol. The van der Waals surface area contributed by atoms with Gasteiger partial charge in [-0.05, 0) is 25.8 Å². The van der Waals surface area contributed by atoms with Gasteiger partial charge < -0.3 is 0 Å². The first-order valence-corrected chi connectivity index (χ1v) is 4.94. The molecule has 4 heteroatoms. The van der Waals surface area contributed by atoms with Crippen LogP contribution in [0, 0.1) is 0 Å². The minimum absolute atomic E-state index is 0.336. The Balaban J connectivity index is 2.95. The highest BCUT2D eigenvalue weighted by atomic mass is 32.2. The summed E-state index contributed by atoms with van der Waals surface area (Å²) in [6.45, 7) is 1.97. The van der Waals surface area contributed by atoms with Gasteiger partial charge in [0.1, 0.15) is 0 Å². The summed E-state index contributed by atoms with van der Waals surface area (Å²) in [5.41, 5.74) is 1.19. The van der Waals surface area contributed by atoms with Crippen molar-refractivity contribution in [3.8, 4) is 0 Å². The van der Waals surface area contributed by atoms with Crippen LogP contribution >= 0.6 is 0 Å². The number of primary sulfonamides is 1. The highest BCUT2D eigenvalue weighted by Crippen LogP contribution is 2.19. The zero-order valence-electron chi connectivity index (χ0n) is 6.37. The quantitative estimate of drug-likeness (QED) is 0.640. The molecule has 0 radical (unpaired) electrons. The van der Waals surface area contributed by atoms with E-state index in [0.717, 1.165) is 6.42 Å². The second-order valence-corrected chi connectivity index (χ2v) is 4.31. The first-order valence-electron chi connectivity index (χ1n) is 3.39. The van der Waals surface area contributed by atoms with E-state index >= 15 is 0 Å². The zero-order valence-corrected chi connectivity index (χ0v) is 7.19. The van der Waals surface area contributed by atoms with Crippen molar-refractivity contribution in [3.63, 3.8) is 0 Å². The van der Waals surface area contributed by atoms with Crippen molar-refractivity contribution in [2.24, 2.45) is 5.14 Å². The summed E-state index contributed by atoms with van der Waals surface area (Å²) >= 11 is 0. The molecule has 0 aromatic carbocycles. The van der Waals surface area contributed by atoms with E-state index < -0.39 is 10.0 Å². The Kier molecular flexibility index (Phi) is 2.15. The normalized spacial score (nSPS) is 19.1. The van der Waals surface area contributed by atoms with Crippen LogP contribution in [0.3, 0.4) is 0 Å². The molecular weight excluding hydrogens is 162 g/mol. The fraction of sp³-hybridized carbons (Fsp3) is 0.429. The molecule has 0 saturated carbocycles. The van der Waals surface area contributed by atoms with E-state index in [4.69, 9.17) is 5.14 Å². The van der Waals surface area contributed by atoms with Gasteiger partial charge in [0.2, 0.25) is 10.0 Å². The van der Waals surface area contributed by atoms with Crippen LogP contribution in [-0.4, -0.2) is 8.42 Å². The number of nitrogens with two attached hydrogens (primary N) is 1. The second-order valence-electron chi connectivity index (χ2n) is 2.69. The first-order chi connectivity index (χ1) is 5.00. The standard InChI is InChI=1S/C7H11NO2S/c1-6-2-4-7(5-3-6)11(8,9)10/h2,4H,3,5H2,1H3,(H2,8,9,10). The molecule has 0 saturated heterocycles. The zero-order chi connectivity index (χ0) is 8.48. The van der Waals surface area contributed by atoms with Crippen LogP contribution in [0.25, 0.3) is 0 Å². The van der Waals surface area contributed by atoms with Crippen LogP contribution in [0.15, 0.2) is 22.6 Å². The number of hydrogen-bond acceptors (Lipinski definition) is 2. The largest absolute Gasteiger partial charge is 0.234 e. The van der Waals surface area contributed by atoms with Gasteiger partial charge in [0.15, 0.2) is 0 Å². The van der Waals surface area contributed by atoms with Crippen molar-refractivity contribution in [3.05, 3.63) is 22.6 Å². The Morgan fingerprint density at radius 2 is 2.00 bits per heavy atom. The molecule has 0 unspecified atom stereocenters.